The Morgan fingerprint density at radius 3 is 2.60 bits per heavy atom. The Kier molecular flexibility index (Phi) is 11.7. The predicted octanol–water partition coefficient (Wildman–Crippen LogP) is 0.293. The van der Waals surface area contributed by atoms with Gasteiger partial charge in [0.15, 0.2) is 0 Å². The summed E-state index contributed by atoms with van der Waals surface area (Å²) in [6.45, 7) is 7.64. The van der Waals surface area contributed by atoms with Crippen molar-refractivity contribution < 1.29 is 19.4 Å². The predicted molar refractivity (Wildman–Crippen MR) is 78.7 cm³/mol. The van der Waals surface area contributed by atoms with E-state index in [1.807, 2.05) is 20.8 Å². The first-order valence-electron chi connectivity index (χ1n) is 7.28. The minimum Gasteiger partial charge on any atom is -0.389 e. The van der Waals surface area contributed by atoms with Gasteiger partial charge in [0.2, 0.25) is 5.91 Å². The van der Waals surface area contributed by atoms with Crippen LogP contribution in [0.4, 0.5) is 0 Å². The number of rotatable bonds is 12. The molecule has 6 nitrogen and oxygen atoms in total. The molecule has 3 N–H and O–H groups in total. The Hall–Kier alpha value is -0.690. The molecule has 0 aliphatic rings. The zero-order chi connectivity index (χ0) is 15.4. The van der Waals surface area contributed by atoms with Gasteiger partial charge in [0.25, 0.3) is 0 Å². The molecule has 0 aromatic carbocycles. The van der Waals surface area contributed by atoms with E-state index in [1.165, 1.54) is 0 Å². The van der Waals surface area contributed by atoms with Crippen molar-refractivity contribution >= 4 is 5.91 Å². The first kappa shape index (κ1) is 19.3. The van der Waals surface area contributed by atoms with E-state index < -0.39 is 6.10 Å². The molecule has 20 heavy (non-hydrogen) atoms. The molecule has 0 fully saturated rings. The van der Waals surface area contributed by atoms with Gasteiger partial charge in [0, 0.05) is 32.7 Å². The lowest BCUT2D eigenvalue weighted by atomic mass is 10.2. The second kappa shape index (κ2) is 12.1. The lowest BCUT2D eigenvalue weighted by Crippen LogP contribution is -2.36. The van der Waals surface area contributed by atoms with E-state index in [-0.39, 0.29) is 24.7 Å². The van der Waals surface area contributed by atoms with Crippen LogP contribution in [0.2, 0.25) is 0 Å². The highest BCUT2D eigenvalue weighted by Crippen LogP contribution is 1.94. The van der Waals surface area contributed by atoms with E-state index in [0.29, 0.717) is 26.1 Å². The normalized spacial score (nSPS) is 15.7. The summed E-state index contributed by atoms with van der Waals surface area (Å²) in [7, 11) is 1.61. The van der Waals surface area contributed by atoms with Crippen LogP contribution in [0.3, 0.4) is 0 Å². The molecule has 0 saturated carbocycles. The highest BCUT2D eigenvalue weighted by atomic mass is 16.5. The zero-order valence-electron chi connectivity index (χ0n) is 13.1. The van der Waals surface area contributed by atoms with E-state index in [1.54, 1.807) is 7.11 Å². The molecule has 0 heterocycles. The Morgan fingerprint density at radius 1 is 1.30 bits per heavy atom. The molecule has 0 bridgehead atoms. The van der Waals surface area contributed by atoms with Crippen LogP contribution in [-0.2, 0) is 14.3 Å². The molecule has 6 heteroatoms. The highest BCUT2D eigenvalue weighted by molar-refractivity contribution is 5.76. The van der Waals surface area contributed by atoms with Gasteiger partial charge in [0.05, 0.1) is 25.4 Å². The maximum Gasteiger partial charge on any atom is 0.221 e. The Morgan fingerprint density at radius 2 is 2.00 bits per heavy atom. The summed E-state index contributed by atoms with van der Waals surface area (Å²) >= 11 is 0. The fourth-order valence-electron chi connectivity index (χ4n) is 1.54. The van der Waals surface area contributed by atoms with Gasteiger partial charge in [-0.15, -0.1) is 0 Å². The average Bonchev–Trinajstić information content (AvgIpc) is 2.41. The van der Waals surface area contributed by atoms with E-state index in [9.17, 15) is 9.90 Å². The van der Waals surface area contributed by atoms with Crippen LogP contribution in [0.1, 0.15) is 33.6 Å². The number of carbonyl (C=O) groups is 1. The topological polar surface area (TPSA) is 79.8 Å². The fraction of sp³-hybridized carbons (Fsp3) is 0.929. The summed E-state index contributed by atoms with van der Waals surface area (Å²) in [6, 6.07) is 0.212. The van der Waals surface area contributed by atoms with E-state index in [4.69, 9.17) is 9.47 Å². The molecule has 0 radical (unpaired) electrons. The fourth-order valence-corrected chi connectivity index (χ4v) is 1.54. The number of aliphatic hydroxyl groups is 1. The third kappa shape index (κ3) is 11.2. The number of amides is 1. The molecular weight excluding hydrogens is 260 g/mol. The van der Waals surface area contributed by atoms with Gasteiger partial charge in [0.1, 0.15) is 0 Å². The maximum atomic E-state index is 11.5. The summed E-state index contributed by atoms with van der Waals surface area (Å²) in [5.41, 5.74) is 0. The summed E-state index contributed by atoms with van der Waals surface area (Å²) in [5.74, 6) is 0.0336. The number of nitrogens with one attached hydrogen (secondary N) is 2. The Labute approximate surface area is 122 Å². The molecule has 120 valence electrons. The van der Waals surface area contributed by atoms with Crippen LogP contribution >= 0.6 is 0 Å². The Bertz CT molecular complexity index is 251. The number of hydrogen-bond donors (Lipinski definition) is 3. The summed E-state index contributed by atoms with van der Waals surface area (Å²) in [6.07, 6.45) is 0.732. The van der Waals surface area contributed by atoms with Gasteiger partial charge >= 0.3 is 0 Å². The lowest BCUT2D eigenvalue weighted by molar-refractivity contribution is -0.121. The van der Waals surface area contributed by atoms with Crippen molar-refractivity contribution in [1.29, 1.82) is 0 Å². The maximum absolute atomic E-state index is 11.5. The highest BCUT2D eigenvalue weighted by Gasteiger charge is 2.09. The summed E-state index contributed by atoms with van der Waals surface area (Å²) < 4.78 is 10.3. The third-order valence-electron chi connectivity index (χ3n) is 2.90. The van der Waals surface area contributed by atoms with Gasteiger partial charge in [-0.1, -0.05) is 6.92 Å². The summed E-state index contributed by atoms with van der Waals surface area (Å²) in [4.78, 5) is 11.5. The van der Waals surface area contributed by atoms with E-state index >= 15 is 0 Å². The molecule has 1 amide bonds. The van der Waals surface area contributed by atoms with Crippen LogP contribution in [-0.4, -0.2) is 62.7 Å². The van der Waals surface area contributed by atoms with Crippen LogP contribution in [0, 0.1) is 0 Å². The molecule has 0 saturated heterocycles. The molecular formula is C14H30N2O4. The van der Waals surface area contributed by atoms with Crippen molar-refractivity contribution in [3.63, 3.8) is 0 Å². The van der Waals surface area contributed by atoms with Gasteiger partial charge in [-0.05, 0) is 20.3 Å². The van der Waals surface area contributed by atoms with Crippen molar-refractivity contribution in [2.45, 2.75) is 51.9 Å². The minimum atomic E-state index is -0.577. The lowest BCUT2D eigenvalue weighted by Gasteiger charge is -2.16. The second-order valence-electron chi connectivity index (χ2n) is 5.08. The Balaban J connectivity index is 3.52. The molecule has 0 aromatic rings. The van der Waals surface area contributed by atoms with Crippen LogP contribution in [0.25, 0.3) is 0 Å². The van der Waals surface area contributed by atoms with Crippen molar-refractivity contribution in [1.82, 2.24) is 10.6 Å². The molecule has 0 rings (SSSR count). The van der Waals surface area contributed by atoms with Crippen molar-refractivity contribution in [2.75, 3.05) is 33.4 Å². The largest absolute Gasteiger partial charge is 0.389 e. The second-order valence-corrected chi connectivity index (χ2v) is 5.08. The molecule has 0 aromatic heterocycles. The number of ether oxygens (including phenoxy) is 2. The molecule has 0 aliphatic carbocycles. The number of carbonyl (C=O) groups excluding carboxylic acids is 1. The first-order chi connectivity index (χ1) is 9.49. The van der Waals surface area contributed by atoms with Gasteiger partial charge in [-0.3, -0.25) is 4.79 Å². The van der Waals surface area contributed by atoms with E-state index in [2.05, 4.69) is 10.6 Å². The van der Waals surface area contributed by atoms with Crippen LogP contribution < -0.4 is 10.6 Å². The zero-order valence-corrected chi connectivity index (χ0v) is 13.1. The average molecular weight is 290 g/mol. The number of aliphatic hydroxyl groups excluding tert-OH is 1. The third-order valence-corrected chi connectivity index (χ3v) is 2.90. The summed E-state index contributed by atoms with van der Waals surface area (Å²) in [5, 5.41) is 15.6. The van der Waals surface area contributed by atoms with E-state index in [0.717, 1.165) is 6.42 Å². The molecule has 0 spiro atoms. The minimum absolute atomic E-state index is 0.0315. The standard InChI is InChI=1S/C14H30N2O4/c1-5-11(2)16-14(18)6-7-15-8-13(17)10-20-12(3)9-19-4/h11-13,15,17H,5-10H2,1-4H3,(H,16,18). The first-order valence-corrected chi connectivity index (χ1v) is 7.28. The monoisotopic (exact) mass is 290 g/mol. The number of hydrogen-bond acceptors (Lipinski definition) is 5. The van der Waals surface area contributed by atoms with Crippen LogP contribution in [0.5, 0.6) is 0 Å². The van der Waals surface area contributed by atoms with Gasteiger partial charge in [-0.25, -0.2) is 0 Å². The molecule has 3 unspecified atom stereocenters. The van der Waals surface area contributed by atoms with Crippen molar-refractivity contribution in [3.05, 3.63) is 0 Å². The van der Waals surface area contributed by atoms with Gasteiger partial charge in [-0.2, -0.15) is 0 Å². The van der Waals surface area contributed by atoms with Gasteiger partial charge < -0.3 is 25.2 Å². The molecule has 0 aliphatic heterocycles. The van der Waals surface area contributed by atoms with Crippen molar-refractivity contribution in [2.24, 2.45) is 0 Å². The number of methoxy groups -OCH3 is 1. The van der Waals surface area contributed by atoms with Crippen molar-refractivity contribution in [3.8, 4) is 0 Å². The SMILES string of the molecule is CCC(C)NC(=O)CCNCC(O)COC(C)COC. The smallest absolute Gasteiger partial charge is 0.221 e. The molecule has 3 atom stereocenters. The quantitative estimate of drug-likeness (QED) is 0.450. The van der Waals surface area contributed by atoms with Crippen LogP contribution in [0.15, 0.2) is 0 Å².